The molecule has 0 spiro atoms. The van der Waals surface area contributed by atoms with Crippen LogP contribution in [-0.4, -0.2) is 14.8 Å². The highest BCUT2D eigenvalue weighted by atomic mass is 16.6. The largest absolute Gasteiger partial charge is 0.457 e. The molecule has 2 heterocycles. The fourth-order valence-corrected chi connectivity index (χ4v) is 3.10. The molecule has 4 rings (SSSR count). The van der Waals surface area contributed by atoms with Gasteiger partial charge in [0.1, 0.15) is 11.5 Å². The van der Waals surface area contributed by atoms with Crippen LogP contribution in [0.25, 0.3) is 23.0 Å². The maximum atomic E-state index is 11.0. The van der Waals surface area contributed by atoms with Crippen LogP contribution in [0, 0.1) is 20.2 Å². The lowest BCUT2D eigenvalue weighted by Crippen LogP contribution is -1.91. The highest BCUT2D eigenvalue weighted by molar-refractivity contribution is 5.90. The Kier molecular flexibility index (Phi) is 5.35. The molecule has 0 saturated heterocycles. The second-order valence-electron chi connectivity index (χ2n) is 6.60. The van der Waals surface area contributed by atoms with Crippen molar-refractivity contribution in [2.45, 2.75) is 0 Å². The Balaban J connectivity index is 1.71. The van der Waals surface area contributed by atoms with Gasteiger partial charge in [-0.25, -0.2) is 0 Å². The van der Waals surface area contributed by atoms with Crippen LogP contribution in [0.3, 0.4) is 0 Å². The van der Waals surface area contributed by atoms with Crippen molar-refractivity contribution in [3.8, 4) is 11.3 Å². The number of non-ortho nitro benzene ring substituents is 2. The third-order valence-electron chi connectivity index (χ3n) is 4.66. The number of furan rings is 1. The molecule has 0 aliphatic carbocycles. The molecule has 0 atom stereocenters. The van der Waals surface area contributed by atoms with Crippen molar-refractivity contribution in [3.63, 3.8) is 0 Å². The minimum Gasteiger partial charge on any atom is -0.457 e. The first-order valence-electron chi connectivity index (χ1n) is 9.23. The molecule has 4 aromatic rings. The lowest BCUT2D eigenvalue weighted by Gasteiger charge is -2.08. The maximum Gasteiger partial charge on any atom is 0.269 e. The molecular formula is C23H15N3O5. The van der Waals surface area contributed by atoms with E-state index in [0.717, 1.165) is 16.7 Å². The van der Waals surface area contributed by atoms with E-state index in [4.69, 9.17) is 4.42 Å². The molecule has 2 aromatic heterocycles. The van der Waals surface area contributed by atoms with Crippen LogP contribution in [0.4, 0.5) is 11.4 Å². The Morgan fingerprint density at radius 1 is 0.742 bits per heavy atom. The zero-order valence-electron chi connectivity index (χ0n) is 16.0. The number of nitrogens with zero attached hydrogens (tertiary/aromatic N) is 3. The van der Waals surface area contributed by atoms with E-state index < -0.39 is 9.85 Å². The number of nitro groups is 2. The van der Waals surface area contributed by atoms with Gasteiger partial charge in [0.05, 0.1) is 9.85 Å². The van der Waals surface area contributed by atoms with E-state index in [9.17, 15) is 20.2 Å². The summed E-state index contributed by atoms with van der Waals surface area (Å²) in [5.41, 5.74) is 3.19. The van der Waals surface area contributed by atoms with Crippen LogP contribution in [0.15, 0.2) is 89.6 Å². The molecule has 0 bridgehead atoms. The molecule has 0 N–H and O–H groups in total. The second kappa shape index (κ2) is 8.42. The van der Waals surface area contributed by atoms with Crippen LogP contribution >= 0.6 is 0 Å². The molecule has 0 aliphatic rings. The number of hydrogen-bond donors (Lipinski definition) is 0. The number of aromatic nitrogens is 1. The van der Waals surface area contributed by atoms with E-state index in [-0.39, 0.29) is 11.4 Å². The molecule has 8 heteroatoms. The molecule has 0 aliphatic heterocycles. The molecule has 0 unspecified atom stereocenters. The summed E-state index contributed by atoms with van der Waals surface area (Å²) in [6.45, 7) is 0. The van der Waals surface area contributed by atoms with Gasteiger partial charge in [-0.2, -0.15) is 0 Å². The zero-order valence-corrected chi connectivity index (χ0v) is 16.0. The highest BCUT2D eigenvalue weighted by Crippen LogP contribution is 2.30. The summed E-state index contributed by atoms with van der Waals surface area (Å²) in [6.07, 6.45) is 5.17. The Morgan fingerprint density at radius 2 is 1.29 bits per heavy atom. The minimum absolute atomic E-state index is 0.00793. The molecule has 0 amide bonds. The average Bonchev–Trinajstić information content (AvgIpc) is 3.27. The Bertz CT molecular complexity index is 1260. The van der Waals surface area contributed by atoms with E-state index in [1.807, 2.05) is 18.2 Å². The standard InChI is InChI=1S/C23H15N3O5/c27-25(28)19-5-1-16(2-6-19)22(17-11-13-24-14-12-17)15-21-9-10-23(31-21)18-3-7-20(8-4-18)26(29)30/h1-15H/b22-15+. The van der Waals surface area contributed by atoms with Gasteiger partial charge in [-0.3, -0.25) is 25.2 Å². The minimum atomic E-state index is -0.453. The van der Waals surface area contributed by atoms with Crippen LogP contribution in [0.1, 0.15) is 16.9 Å². The predicted octanol–water partition coefficient (Wildman–Crippen LogP) is 5.75. The number of nitro benzene ring substituents is 2. The quantitative estimate of drug-likeness (QED) is 0.294. The molecule has 0 fully saturated rings. The van der Waals surface area contributed by atoms with Crippen molar-refractivity contribution in [3.05, 3.63) is 122 Å². The molecule has 2 aromatic carbocycles. The summed E-state index contributed by atoms with van der Waals surface area (Å²) < 4.78 is 5.94. The average molecular weight is 413 g/mol. The van der Waals surface area contributed by atoms with Crippen molar-refractivity contribution in [2.24, 2.45) is 0 Å². The fraction of sp³-hybridized carbons (Fsp3) is 0. The van der Waals surface area contributed by atoms with E-state index >= 15 is 0 Å². The molecule has 8 nitrogen and oxygen atoms in total. The monoisotopic (exact) mass is 413 g/mol. The molecule has 0 radical (unpaired) electrons. The second-order valence-corrected chi connectivity index (χ2v) is 6.60. The summed E-state index contributed by atoms with van der Waals surface area (Å²) in [6, 6.07) is 19.6. The van der Waals surface area contributed by atoms with Gasteiger partial charge < -0.3 is 4.42 Å². The zero-order chi connectivity index (χ0) is 21.8. The molecule has 0 saturated carbocycles. The van der Waals surface area contributed by atoms with Crippen molar-refractivity contribution >= 4 is 23.0 Å². The summed E-state index contributed by atoms with van der Waals surface area (Å²) in [5.74, 6) is 1.14. The predicted molar refractivity (Wildman–Crippen MR) is 115 cm³/mol. The van der Waals surface area contributed by atoms with Crippen LogP contribution in [0.5, 0.6) is 0 Å². The summed E-state index contributed by atoms with van der Waals surface area (Å²) in [5, 5.41) is 21.8. The van der Waals surface area contributed by atoms with Crippen LogP contribution < -0.4 is 0 Å². The van der Waals surface area contributed by atoms with Crippen molar-refractivity contribution in [1.82, 2.24) is 4.98 Å². The lowest BCUT2D eigenvalue weighted by atomic mass is 9.97. The summed E-state index contributed by atoms with van der Waals surface area (Å²) in [7, 11) is 0. The van der Waals surface area contributed by atoms with Crippen LogP contribution in [0.2, 0.25) is 0 Å². The van der Waals surface area contributed by atoms with Gasteiger partial charge in [0.2, 0.25) is 0 Å². The van der Waals surface area contributed by atoms with Gasteiger partial charge in [-0.15, -0.1) is 0 Å². The third-order valence-corrected chi connectivity index (χ3v) is 4.66. The molecular weight excluding hydrogens is 398 g/mol. The number of hydrogen-bond acceptors (Lipinski definition) is 6. The van der Waals surface area contributed by atoms with Crippen molar-refractivity contribution in [2.75, 3.05) is 0 Å². The molecule has 31 heavy (non-hydrogen) atoms. The number of pyridine rings is 1. The first-order chi connectivity index (χ1) is 15.0. The first kappa shape index (κ1) is 19.7. The van der Waals surface area contributed by atoms with Gasteiger partial charge >= 0.3 is 0 Å². The Morgan fingerprint density at radius 3 is 1.87 bits per heavy atom. The van der Waals surface area contributed by atoms with E-state index in [1.54, 1.807) is 48.8 Å². The van der Waals surface area contributed by atoms with Gasteiger partial charge in [0.25, 0.3) is 11.4 Å². The van der Waals surface area contributed by atoms with E-state index in [0.29, 0.717) is 17.1 Å². The normalized spacial score (nSPS) is 11.3. The van der Waals surface area contributed by atoms with E-state index in [2.05, 4.69) is 4.98 Å². The third kappa shape index (κ3) is 4.38. The number of benzene rings is 2. The summed E-state index contributed by atoms with van der Waals surface area (Å²) in [4.78, 5) is 24.9. The lowest BCUT2D eigenvalue weighted by molar-refractivity contribution is -0.385. The fourth-order valence-electron chi connectivity index (χ4n) is 3.10. The van der Waals surface area contributed by atoms with Crippen molar-refractivity contribution < 1.29 is 14.3 Å². The SMILES string of the molecule is O=[N+]([O-])c1ccc(/C(=C\c2ccc(-c3ccc([N+](=O)[O-])cc3)o2)c2ccncc2)cc1. The number of rotatable bonds is 6. The van der Waals surface area contributed by atoms with Crippen LogP contribution in [-0.2, 0) is 0 Å². The molecule has 152 valence electrons. The van der Waals surface area contributed by atoms with Gasteiger partial charge in [0, 0.05) is 42.2 Å². The summed E-state index contributed by atoms with van der Waals surface area (Å²) >= 11 is 0. The van der Waals surface area contributed by atoms with Gasteiger partial charge in [-0.05, 0) is 71.3 Å². The topological polar surface area (TPSA) is 112 Å². The highest BCUT2D eigenvalue weighted by Gasteiger charge is 2.12. The maximum absolute atomic E-state index is 11.0. The smallest absolute Gasteiger partial charge is 0.269 e. The Hall–Kier alpha value is -4.59. The van der Waals surface area contributed by atoms with Gasteiger partial charge in [-0.1, -0.05) is 0 Å². The van der Waals surface area contributed by atoms with Gasteiger partial charge in [0.15, 0.2) is 0 Å². The Labute approximate surface area is 176 Å². The first-order valence-corrected chi connectivity index (χ1v) is 9.23. The van der Waals surface area contributed by atoms with E-state index in [1.165, 1.54) is 24.3 Å². The van der Waals surface area contributed by atoms with Crippen molar-refractivity contribution in [1.29, 1.82) is 0 Å².